The van der Waals surface area contributed by atoms with Crippen molar-refractivity contribution in [1.82, 2.24) is 25.4 Å². The lowest BCUT2D eigenvalue weighted by Crippen LogP contribution is -2.56. The first-order chi connectivity index (χ1) is 10.8. The summed E-state index contributed by atoms with van der Waals surface area (Å²) in [5.41, 5.74) is 4.25. The number of likely N-dealkylation sites (tertiary alicyclic amines) is 2. The van der Waals surface area contributed by atoms with E-state index in [0.717, 1.165) is 45.2 Å². The summed E-state index contributed by atoms with van der Waals surface area (Å²) in [6.45, 7) is 2.89. The number of carbonyl (C=O) groups excluding carboxylic acids is 2. The zero-order valence-corrected chi connectivity index (χ0v) is 13.2. The first kappa shape index (κ1) is 15.0. The smallest absolute Gasteiger partial charge is 0.323 e. The quantitative estimate of drug-likeness (QED) is 0.797. The average Bonchev–Trinajstić information content (AvgIpc) is 3.25. The summed E-state index contributed by atoms with van der Waals surface area (Å²) in [5.74, 6) is 0. The molecule has 8 nitrogen and oxygen atoms in total. The van der Waals surface area contributed by atoms with E-state index in [-0.39, 0.29) is 12.1 Å². The number of anilines is 1. The fourth-order valence-electron chi connectivity index (χ4n) is 2.76. The van der Waals surface area contributed by atoms with Gasteiger partial charge in [-0.25, -0.2) is 15.0 Å². The van der Waals surface area contributed by atoms with Crippen LogP contribution in [0.1, 0.15) is 32.1 Å². The molecule has 2 aliphatic rings. The van der Waals surface area contributed by atoms with Gasteiger partial charge in [0.05, 0.1) is 0 Å². The maximum atomic E-state index is 12.6. The van der Waals surface area contributed by atoms with Crippen LogP contribution in [-0.2, 0) is 0 Å². The number of carbonyl (C=O) groups is 2. The van der Waals surface area contributed by atoms with E-state index >= 15 is 0 Å². The molecule has 1 aromatic rings. The molecule has 0 saturated carbocycles. The van der Waals surface area contributed by atoms with Gasteiger partial charge < -0.3 is 9.80 Å². The molecule has 0 aliphatic carbocycles. The molecule has 2 fully saturated rings. The summed E-state index contributed by atoms with van der Waals surface area (Å²) in [5, 5.41) is 9.31. The van der Waals surface area contributed by atoms with Crippen LogP contribution >= 0.6 is 11.3 Å². The predicted molar refractivity (Wildman–Crippen MR) is 82.5 cm³/mol. The summed E-state index contributed by atoms with van der Waals surface area (Å²) in [7, 11) is 0. The Morgan fingerprint density at radius 2 is 1.68 bits per heavy atom. The lowest BCUT2D eigenvalue weighted by atomic mass is 10.1. The molecule has 4 amide bonds. The van der Waals surface area contributed by atoms with Crippen molar-refractivity contribution in [2.24, 2.45) is 0 Å². The molecule has 3 rings (SSSR count). The van der Waals surface area contributed by atoms with Crippen molar-refractivity contribution in [3.63, 3.8) is 0 Å². The van der Waals surface area contributed by atoms with Crippen molar-refractivity contribution in [1.29, 1.82) is 0 Å². The van der Waals surface area contributed by atoms with Crippen molar-refractivity contribution in [3.05, 3.63) is 5.51 Å². The SMILES string of the molecule is O=C(NN(C(=O)N1CCCC1)c1nncs1)N1CCCCC1. The number of aromatic nitrogens is 2. The molecule has 2 aliphatic heterocycles. The zero-order valence-electron chi connectivity index (χ0n) is 12.4. The van der Waals surface area contributed by atoms with Crippen molar-refractivity contribution < 1.29 is 9.59 Å². The van der Waals surface area contributed by atoms with Gasteiger partial charge in [-0.05, 0) is 32.1 Å². The standard InChI is InChI=1S/C13H20N6O2S/c20-11(17-6-2-1-3-7-17)16-19(12-15-14-10-22-12)13(21)18-8-4-5-9-18/h10H,1-9H2,(H,16,20). The number of nitrogens with one attached hydrogen (secondary N) is 1. The Bertz CT molecular complexity index is 511. The van der Waals surface area contributed by atoms with Crippen LogP contribution in [-0.4, -0.2) is 58.2 Å². The van der Waals surface area contributed by atoms with Crippen LogP contribution in [0.5, 0.6) is 0 Å². The minimum absolute atomic E-state index is 0.236. The summed E-state index contributed by atoms with van der Waals surface area (Å²) in [6, 6.07) is -0.484. The molecule has 0 unspecified atom stereocenters. The summed E-state index contributed by atoms with van der Waals surface area (Å²) in [6.07, 6.45) is 5.15. The number of hydrogen-bond donors (Lipinski definition) is 1. The molecule has 0 aromatic carbocycles. The van der Waals surface area contributed by atoms with Crippen LogP contribution in [0.15, 0.2) is 5.51 Å². The second-order valence-corrected chi connectivity index (χ2v) is 6.31. The number of amides is 4. The van der Waals surface area contributed by atoms with Crippen molar-refractivity contribution in [2.45, 2.75) is 32.1 Å². The number of urea groups is 2. The van der Waals surface area contributed by atoms with Crippen LogP contribution in [0.3, 0.4) is 0 Å². The summed E-state index contributed by atoms with van der Waals surface area (Å²) in [4.78, 5) is 28.5. The Morgan fingerprint density at radius 3 is 2.32 bits per heavy atom. The van der Waals surface area contributed by atoms with Gasteiger partial charge in [-0.1, -0.05) is 11.3 Å². The van der Waals surface area contributed by atoms with E-state index in [1.807, 2.05) is 0 Å². The van der Waals surface area contributed by atoms with E-state index in [4.69, 9.17) is 0 Å². The van der Waals surface area contributed by atoms with Crippen LogP contribution in [0.4, 0.5) is 14.7 Å². The van der Waals surface area contributed by atoms with Crippen molar-refractivity contribution >= 4 is 28.5 Å². The van der Waals surface area contributed by atoms with Gasteiger partial charge in [-0.2, -0.15) is 5.01 Å². The maximum Gasteiger partial charge on any atom is 0.345 e. The molecule has 1 N–H and O–H groups in total. The molecular weight excluding hydrogens is 304 g/mol. The fourth-order valence-corrected chi connectivity index (χ4v) is 3.27. The third-order valence-corrected chi connectivity index (χ3v) is 4.63. The third kappa shape index (κ3) is 3.29. The molecule has 22 heavy (non-hydrogen) atoms. The molecule has 3 heterocycles. The summed E-state index contributed by atoms with van der Waals surface area (Å²) >= 11 is 1.23. The van der Waals surface area contributed by atoms with Gasteiger partial charge in [0, 0.05) is 26.2 Å². The van der Waals surface area contributed by atoms with E-state index in [9.17, 15) is 9.59 Å². The number of rotatable bonds is 1. The van der Waals surface area contributed by atoms with Gasteiger partial charge in [0.15, 0.2) is 0 Å². The van der Waals surface area contributed by atoms with Gasteiger partial charge >= 0.3 is 12.1 Å². The third-order valence-electron chi connectivity index (χ3n) is 3.96. The topological polar surface area (TPSA) is 81.7 Å². The Balaban J connectivity index is 1.71. The van der Waals surface area contributed by atoms with Crippen LogP contribution in [0, 0.1) is 0 Å². The first-order valence-corrected chi connectivity index (χ1v) is 8.54. The summed E-state index contributed by atoms with van der Waals surface area (Å²) < 4.78 is 0. The van der Waals surface area contributed by atoms with Gasteiger partial charge in [-0.15, -0.1) is 10.2 Å². The van der Waals surface area contributed by atoms with E-state index in [1.54, 1.807) is 15.3 Å². The minimum atomic E-state index is -0.248. The second kappa shape index (κ2) is 6.91. The average molecular weight is 324 g/mol. The molecular formula is C13H20N6O2S. The lowest BCUT2D eigenvalue weighted by molar-refractivity contribution is 0.181. The Kier molecular flexibility index (Phi) is 4.71. The monoisotopic (exact) mass is 324 g/mol. The van der Waals surface area contributed by atoms with Gasteiger partial charge in [-0.3, -0.25) is 0 Å². The van der Waals surface area contributed by atoms with Crippen molar-refractivity contribution in [2.75, 3.05) is 31.2 Å². The van der Waals surface area contributed by atoms with E-state index < -0.39 is 0 Å². The molecule has 120 valence electrons. The molecule has 0 bridgehead atoms. The normalized spacial score (nSPS) is 18.4. The van der Waals surface area contributed by atoms with E-state index in [0.29, 0.717) is 18.2 Å². The largest absolute Gasteiger partial charge is 0.345 e. The number of hydrazine groups is 1. The molecule has 0 radical (unpaired) electrons. The van der Waals surface area contributed by atoms with Gasteiger partial charge in [0.2, 0.25) is 5.13 Å². The zero-order chi connectivity index (χ0) is 15.4. The molecule has 2 saturated heterocycles. The van der Waals surface area contributed by atoms with Crippen molar-refractivity contribution in [3.8, 4) is 0 Å². The molecule has 0 spiro atoms. The van der Waals surface area contributed by atoms with Crippen LogP contribution < -0.4 is 10.4 Å². The van der Waals surface area contributed by atoms with Crippen LogP contribution in [0.25, 0.3) is 0 Å². The maximum absolute atomic E-state index is 12.6. The minimum Gasteiger partial charge on any atom is -0.323 e. The Hall–Kier alpha value is -1.90. The highest BCUT2D eigenvalue weighted by Crippen LogP contribution is 2.19. The van der Waals surface area contributed by atoms with Gasteiger partial charge in [0.25, 0.3) is 0 Å². The van der Waals surface area contributed by atoms with Gasteiger partial charge in [0.1, 0.15) is 5.51 Å². The highest BCUT2D eigenvalue weighted by atomic mass is 32.1. The highest BCUT2D eigenvalue weighted by molar-refractivity contribution is 7.13. The number of nitrogens with zero attached hydrogens (tertiary/aromatic N) is 5. The molecule has 1 aromatic heterocycles. The molecule has 0 atom stereocenters. The molecule has 9 heteroatoms. The van der Waals surface area contributed by atoms with Crippen LogP contribution in [0.2, 0.25) is 0 Å². The number of hydrogen-bond acceptors (Lipinski definition) is 5. The Morgan fingerprint density at radius 1 is 1.05 bits per heavy atom. The predicted octanol–water partition coefficient (Wildman–Crippen LogP) is 1.67. The fraction of sp³-hybridized carbons (Fsp3) is 0.692. The Labute approximate surface area is 133 Å². The lowest BCUT2D eigenvalue weighted by Gasteiger charge is -2.31. The number of piperidine rings is 1. The van der Waals surface area contributed by atoms with E-state index in [1.165, 1.54) is 16.3 Å². The highest BCUT2D eigenvalue weighted by Gasteiger charge is 2.29. The second-order valence-electron chi connectivity index (χ2n) is 5.50. The first-order valence-electron chi connectivity index (χ1n) is 7.66. The van der Waals surface area contributed by atoms with E-state index in [2.05, 4.69) is 15.6 Å².